The van der Waals surface area contributed by atoms with Crippen LogP contribution in [0.5, 0.6) is 0 Å². The molecule has 0 amide bonds. The van der Waals surface area contributed by atoms with Crippen LogP contribution < -0.4 is 4.31 Å². The summed E-state index contributed by atoms with van der Waals surface area (Å²) in [5.41, 5.74) is 0.712. The number of anilines is 1. The SMILES string of the molecule is CCN(c1cccc2ccccc12)S(=O)(=O)c1ccccc1. The van der Waals surface area contributed by atoms with Gasteiger partial charge in [-0.05, 0) is 30.5 Å². The lowest BCUT2D eigenvalue weighted by Gasteiger charge is -2.24. The zero-order valence-corrected chi connectivity index (χ0v) is 13.1. The molecule has 3 rings (SSSR count). The van der Waals surface area contributed by atoms with E-state index in [0.29, 0.717) is 17.1 Å². The Hall–Kier alpha value is -2.33. The van der Waals surface area contributed by atoms with Gasteiger partial charge < -0.3 is 0 Å². The predicted molar refractivity (Wildman–Crippen MR) is 90.6 cm³/mol. The number of hydrogen-bond acceptors (Lipinski definition) is 2. The Labute approximate surface area is 130 Å². The van der Waals surface area contributed by atoms with Gasteiger partial charge in [-0.25, -0.2) is 8.42 Å². The van der Waals surface area contributed by atoms with Crippen LogP contribution in [0.3, 0.4) is 0 Å². The van der Waals surface area contributed by atoms with Crippen molar-refractivity contribution in [2.45, 2.75) is 11.8 Å². The molecule has 3 nitrogen and oxygen atoms in total. The normalized spacial score (nSPS) is 11.5. The van der Waals surface area contributed by atoms with Crippen molar-refractivity contribution in [2.24, 2.45) is 0 Å². The molecule has 0 spiro atoms. The molecule has 112 valence electrons. The molecule has 22 heavy (non-hydrogen) atoms. The molecule has 0 aliphatic carbocycles. The maximum Gasteiger partial charge on any atom is 0.264 e. The van der Waals surface area contributed by atoms with E-state index < -0.39 is 10.0 Å². The van der Waals surface area contributed by atoms with Gasteiger partial charge >= 0.3 is 0 Å². The molecule has 0 saturated heterocycles. The Bertz CT molecular complexity index is 884. The Morgan fingerprint density at radius 1 is 0.818 bits per heavy atom. The smallest absolute Gasteiger partial charge is 0.264 e. The summed E-state index contributed by atoms with van der Waals surface area (Å²) >= 11 is 0. The minimum atomic E-state index is -3.56. The second-order valence-corrected chi connectivity index (χ2v) is 6.84. The molecule has 0 atom stereocenters. The fourth-order valence-electron chi connectivity index (χ4n) is 2.62. The van der Waals surface area contributed by atoms with Crippen molar-refractivity contribution in [2.75, 3.05) is 10.8 Å². The first kappa shape index (κ1) is 14.6. The summed E-state index contributed by atoms with van der Waals surface area (Å²) < 4.78 is 27.3. The van der Waals surface area contributed by atoms with Gasteiger partial charge in [-0.1, -0.05) is 54.6 Å². The Kier molecular flexibility index (Phi) is 3.86. The molecule has 0 saturated carbocycles. The Balaban J connectivity index is 2.19. The van der Waals surface area contributed by atoms with E-state index in [2.05, 4.69) is 0 Å². The zero-order chi connectivity index (χ0) is 15.6. The van der Waals surface area contributed by atoms with Crippen LogP contribution >= 0.6 is 0 Å². The number of sulfonamides is 1. The summed E-state index contributed by atoms with van der Waals surface area (Å²) in [6.07, 6.45) is 0. The van der Waals surface area contributed by atoms with Crippen molar-refractivity contribution >= 4 is 26.5 Å². The average molecular weight is 311 g/mol. The maximum absolute atomic E-state index is 12.9. The summed E-state index contributed by atoms with van der Waals surface area (Å²) in [5.74, 6) is 0. The topological polar surface area (TPSA) is 37.4 Å². The highest BCUT2D eigenvalue weighted by Crippen LogP contribution is 2.30. The number of rotatable bonds is 4. The van der Waals surface area contributed by atoms with E-state index in [9.17, 15) is 8.42 Å². The minimum Gasteiger partial charge on any atom is -0.266 e. The van der Waals surface area contributed by atoms with Gasteiger partial charge in [-0.3, -0.25) is 4.31 Å². The summed E-state index contributed by atoms with van der Waals surface area (Å²) in [6.45, 7) is 2.23. The van der Waals surface area contributed by atoms with Crippen molar-refractivity contribution in [3.8, 4) is 0 Å². The molecule has 0 aliphatic rings. The fourth-order valence-corrected chi connectivity index (χ4v) is 4.13. The molecule has 0 aliphatic heterocycles. The summed E-state index contributed by atoms with van der Waals surface area (Å²) in [5, 5.41) is 1.97. The average Bonchev–Trinajstić information content (AvgIpc) is 2.56. The highest BCUT2D eigenvalue weighted by Gasteiger charge is 2.24. The third-order valence-electron chi connectivity index (χ3n) is 3.65. The summed E-state index contributed by atoms with van der Waals surface area (Å²) in [6, 6.07) is 22.1. The largest absolute Gasteiger partial charge is 0.266 e. The van der Waals surface area contributed by atoms with E-state index in [4.69, 9.17) is 0 Å². The molecule has 0 N–H and O–H groups in total. The van der Waals surface area contributed by atoms with Crippen molar-refractivity contribution in [3.63, 3.8) is 0 Å². The van der Waals surface area contributed by atoms with E-state index in [0.717, 1.165) is 10.8 Å². The van der Waals surface area contributed by atoms with E-state index >= 15 is 0 Å². The zero-order valence-electron chi connectivity index (χ0n) is 12.3. The van der Waals surface area contributed by atoms with Crippen LogP contribution in [-0.4, -0.2) is 15.0 Å². The highest BCUT2D eigenvalue weighted by atomic mass is 32.2. The van der Waals surface area contributed by atoms with Gasteiger partial charge in [0.25, 0.3) is 10.0 Å². The number of hydrogen-bond donors (Lipinski definition) is 0. The third-order valence-corrected chi connectivity index (χ3v) is 5.56. The first-order valence-electron chi connectivity index (χ1n) is 7.20. The van der Waals surface area contributed by atoms with Crippen LogP contribution in [0.2, 0.25) is 0 Å². The van der Waals surface area contributed by atoms with E-state index in [1.165, 1.54) is 4.31 Å². The summed E-state index contributed by atoms with van der Waals surface area (Å²) in [4.78, 5) is 0.310. The van der Waals surface area contributed by atoms with Crippen LogP contribution in [0.4, 0.5) is 5.69 Å². The van der Waals surface area contributed by atoms with Gasteiger partial charge in [-0.2, -0.15) is 0 Å². The lowest BCUT2D eigenvalue weighted by atomic mass is 10.1. The summed E-state index contributed by atoms with van der Waals surface area (Å²) in [7, 11) is -3.56. The van der Waals surface area contributed by atoms with Crippen LogP contribution in [0, 0.1) is 0 Å². The van der Waals surface area contributed by atoms with Crippen molar-refractivity contribution in [1.29, 1.82) is 0 Å². The first-order valence-corrected chi connectivity index (χ1v) is 8.64. The first-order chi connectivity index (χ1) is 10.6. The number of fused-ring (bicyclic) bond motifs is 1. The molecule has 0 bridgehead atoms. The molecule has 3 aromatic rings. The number of benzene rings is 3. The molecule has 0 aromatic heterocycles. The van der Waals surface area contributed by atoms with Crippen molar-refractivity contribution in [3.05, 3.63) is 72.8 Å². The second-order valence-electron chi connectivity index (χ2n) is 4.98. The van der Waals surface area contributed by atoms with Crippen LogP contribution in [-0.2, 0) is 10.0 Å². The van der Waals surface area contributed by atoms with E-state index in [1.54, 1.807) is 24.3 Å². The quantitative estimate of drug-likeness (QED) is 0.729. The lowest BCUT2D eigenvalue weighted by molar-refractivity contribution is 0.592. The van der Waals surface area contributed by atoms with Gasteiger partial charge in [0.1, 0.15) is 0 Å². The van der Waals surface area contributed by atoms with E-state index in [-0.39, 0.29) is 0 Å². The molecule has 3 aromatic carbocycles. The van der Waals surface area contributed by atoms with Crippen molar-refractivity contribution in [1.82, 2.24) is 0 Å². The maximum atomic E-state index is 12.9. The van der Waals surface area contributed by atoms with Gasteiger partial charge in [-0.15, -0.1) is 0 Å². The number of nitrogens with zero attached hydrogens (tertiary/aromatic N) is 1. The molecule has 0 heterocycles. The Morgan fingerprint density at radius 3 is 2.18 bits per heavy atom. The molecule has 0 unspecified atom stereocenters. The highest BCUT2D eigenvalue weighted by molar-refractivity contribution is 7.92. The molecule has 4 heteroatoms. The van der Waals surface area contributed by atoms with Gasteiger partial charge in [0.05, 0.1) is 10.6 Å². The van der Waals surface area contributed by atoms with Gasteiger partial charge in [0.15, 0.2) is 0 Å². The molecular formula is C18H17NO2S. The fraction of sp³-hybridized carbons (Fsp3) is 0.111. The van der Waals surface area contributed by atoms with Crippen LogP contribution in [0.1, 0.15) is 6.92 Å². The molecular weight excluding hydrogens is 294 g/mol. The second kappa shape index (κ2) is 5.81. The van der Waals surface area contributed by atoms with Gasteiger partial charge in [0.2, 0.25) is 0 Å². The van der Waals surface area contributed by atoms with Crippen LogP contribution in [0.15, 0.2) is 77.7 Å². The monoisotopic (exact) mass is 311 g/mol. The Morgan fingerprint density at radius 2 is 1.45 bits per heavy atom. The van der Waals surface area contributed by atoms with Crippen molar-refractivity contribution < 1.29 is 8.42 Å². The standard InChI is InChI=1S/C18H17NO2S/c1-2-19(22(20,21)16-11-4-3-5-12-16)18-14-8-10-15-9-6-7-13-17(15)18/h3-14H,2H2,1H3. The molecule has 0 fully saturated rings. The third kappa shape index (κ3) is 2.46. The van der Waals surface area contributed by atoms with Gasteiger partial charge in [0, 0.05) is 11.9 Å². The van der Waals surface area contributed by atoms with Crippen LogP contribution in [0.25, 0.3) is 10.8 Å². The predicted octanol–water partition coefficient (Wildman–Crippen LogP) is 4.06. The van der Waals surface area contributed by atoms with E-state index in [1.807, 2.05) is 55.5 Å². The molecule has 0 radical (unpaired) electrons. The minimum absolute atomic E-state index is 0.310. The lowest BCUT2D eigenvalue weighted by Crippen LogP contribution is -2.30.